The fourth-order valence-corrected chi connectivity index (χ4v) is 4.18. The van der Waals surface area contributed by atoms with Crippen molar-refractivity contribution in [2.24, 2.45) is 0 Å². The van der Waals surface area contributed by atoms with E-state index in [2.05, 4.69) is 35.8 Å². The van der Waals surface area contributed by atoms with Crippen molar-refractivity contribution in [2.75, 3.05) is 10.6 Å². The molecule has 0 radical (unpaired) electrons. The fraction of sp³-hybridized carbons (Fsp3) is 0.333. The molecular formula is C21H22Cl2N4. The van der Waals surface area contributed by atoms with Crippen molar-refractivity contribution in [3.63, 3.8) is 0 Å². The lowest BCUT2D eigenvalue weighted by atomic mass is 9.95. The van der Waals surface area contributed by atoms with Crippen LogP contribution in [0.2, 0.25) is 10.0 Å². The van der Waals surface area contributed by atoms with Crippen LogP contribution in [0.5, 0.6) is 0 Å². The molecule has 2 N–H and O–H groups in total. The van der Waals surface area contributed by atoms with Gasteiger partial charge >= 0.3 is 0 Å². The van der Waals surface area contributed by atoms with E-state index < -0.39 is 0 Å². The third kappa shape index (κ3) is 4.28. The number of anilines is 3. The quantitative estimate of drug-likeness (QED) is 0.509. The van der Waals surface area contributed by atoms with E-state index in [1.165, 1.54) is 32.1 Å². The SMILES string of the molecule is Cc1cccc2c(NC3CCCCC3)nc(Nc3cc(Cl)cc(Cl)c3)nc12. The Hall–Kier alpha value is -2.04. The van der Waals surface area contributed by atoms with Gasteiger partial charge in [0.15, 0.2) is 0 Å². The van der Waals surface area contributed by atoms with E-state index in [1.807, 2.05) is 12.1 Å². The van der Waals surface area contributed by atoms with E-state index in [-0.39, 0.29) is 0 Å². The minimum absolute atomic E-state index is 0.464. The average Bonchev–Trinajstić information content (AvgIpc) is 2.63. The Morgan fingerprint density at radius 2 is 1.70 bits per heavy atom. The first-order valence-corrected chi connectivity index (χ1v) is 10.1. The van der Waals surface area contributed by atoms with Crippen molar-refractivity contribution in [3.8, 4) is 0 Å². The predicted molar refractivity (Wildman–Crippen MR) is 115 cm³/mol. The molecule has 0 saturated heterocycles. The van der Waals surface area contributed by atoms with Crippen molar-refractivity contribution >= 4 is 51.6 Å². The lowest BCUT2D eigenvalue weighted by molar-refractivity contribution is 0.462. The highest BCUT2D eigenvalue weighted by Crippen LogP contribution is 2.30. The maximum atomic E-state index is 6.12. The van der Waals surface area contributed by atoms with E-state index in [4.69, 9.17) is 33.2 Å². The van der Waals surface area contributed by atoms with Crippen molar-refractivity contribution < 1.29 is 0 Å². The van der Waals surface area contributed by atoms with E-state index in [1.54, 1.807) is 6.07 Å². The fourth-order valence-electron chi connectivity index (χ4n) is 3.66. The molecule has 1 heterocycles. The Kier molecular flexibility index (Phi) is 5.37. The first-order valence-electron chi connectivity index (χ1n) is 9.35. The molecule has 0 bridgehead atoms. The summed E-state index contributed by atoms with van der Waals surface area (Å²) in [5.74, 6) is 1.42. The van der Waals surface area contributed by atoms with Gasteiger partial charge in [-0.3, -0.25) is 0 Å². The molecule has 0 unspecified atom stereocenters. The summed E-state index contributed by atoms with van der Waals surface area (Å²) >= 11 is 12.2. The minimum Gasteiger partial charge on any atom is -0.367 e. The van der Waals surface area contributed by atoms with Crippen LogP contribution in [-0.2, 0) is 0 Å². The summed E-state index contributed by atoms with van der Waals surface area (Å²) in [5.41, 5.74) is 2.83. The Balaban J connectivity index is 1.73. The summed E-state index contributed by atoms with van der Waals surface area (Å²) in [6.07, 6.45) is 6.23. The predicted octanol–water partition coefficient (Wildman–Crippen LogP) is 6.73. The van der Waals surface area contributed by atoms with Crippen molar-refractivity contribution in [1.82, 2.24) is 9.97 Å². The molecule has 0 aliphatic heterocycles. The van der Waals surface area contributed by atoms with E-state index in [0.29, 0.717) is 22.0 Å². The number of fused-ring (bicyclic) bond motifs is 1. The smallest absolute Gasteiger partial charge is 0.229 e. The highest BCUT2D eigenvalue weighted by atomic mass is 35.5. The Morgan fingerprint density at radius 3 is 2.44 bits per heavy atom. The molecule has 1 saturated carbocycles. The number of hydrogen-bond donors (Lipinski definition) is 2. The number of para-hydroxylation sites is 1. The lowest BCUT2D eigenvalue weighted by Gasteiger charge is -2.24. The molecule has 0 atom stereocenters. The zero-order chi connectivity index (χ0) is 18.8. The summed E-state index contributed by atoms with van der Waals surface area (Å²) in [6, 6.07) is 12.0. The molecule has 4 rings (SSSR count). The van der Waals surface area contributed by atoms with Crippen LogP contribution in [0.15, 0.2) is 36.4 Å². The molecule has 6 heteroatoms. The van der Waals surface area contributed by atoms with E-state index in [0.717, 1.165) is 28.0 Å². The van der Waals surface area contributed by atoms with Gasteiger partial charge in [-0.1, -0.05) is 54.6 Å². The van der Waals surface area contributed by atoms with Crippen LogP contribution in [0.1, 0.15) is 37.7 Å². The van der Waals surface area contributed by atoms with Gasteiger partial charge in [0, 0.05) is 27.2 Å². The second kappa shape index (κ2) is 7.91. The van der Waals surface area contributed by atoms with Gasteiger partial charge in [0.1, 0.15) is 5.82 Å². The summed E-state index contributed by atoms with van der Waals surface area (Å²) in [6.45, 7) is 2.07. The normalized spacial score (nSPS) is 15.1. The van der Waals surface area contributed by atoms with Crippen molar-refractivity contribution in [2.45, 2.75) is 45.1 Å². The number of hydrogen-bond acceptors (Lipinski definition) is 4. The van der Waals surface area contributed by atoms with Gasteiger partial charge in [0.2, 0.25) is 5.95 Å². The Morgan fingerprint density at radius 1 is 0.963 bits per heavy atom. The van der Waals surface area contributed by atoms with Gasteiger partial charge in [-0.25, -0.2) is 4.98 Å². The summed E-state index contributed by atoms with van der Waals surface area (Å²) < 4.78 is 0. The van der Waals surface area contributed by atoms with Gasteiger partial charge in [-0.15, -0.1) is 0 Å². The minimum atomic E-state index is 0.464. The molecular weight excluding hydrogens is 379 g/mol. The van der Waals surface area contributed by atoms with Gasteiger partial charge in [0.05, 0.1) is 5.52 Å². The summed E-state index contributed by atoms with van der Waals surface area (Å²) in [5, 5.41) is 9.10. The van der Waals surface area contributed by atoms with E-state index >= 15 is 0 Å². The molecule has 1 aliphatic rings. The molecule has 1 aromatic heterocycles. The second-order valence-electron chi connectivity index (χ2n) is 7.13. The number of aryl methyl sites for hydroxylation is 1. The first kappa shape index (κ1) is 18.3. The van der Waals surface area contributed by atoms with Crippen molar-refractivity contribution in [3.05, 3.63) is 52.0 Å². The molecule has 1 aliphatic carbocycles. The number of nitrogens with zero attached hydrogens (tertiary/aromatic N) is 2. The number of halogens is 2. The third-order valence-electron chi connectivity index (χ3n) is 4.99. The summed E-state index contributed by atoms with van der Waals surface area (Å²) in [7, 11) is 0. The number of rotatable bonds is 4. The van der Waals surface area contributed by atoms with Gasteiger partial charge < -0.3 is 10.6 Å². The number of aromatic nitrogens is 2. The largest absolute Gasteiger partial charge is 0.367 e. The third-order valence-corrected chi connectivity index (χ3v) is 5.43. The molecule has 4 nitrogen and oxygen atoms in total. The number of nitrogens with one attached hydrogen (secondary N) is 2. The maximum Gasteiger partial charge on any atom is 0.229 e. The van der Waals surface area contributed by atoms with Crippen LogP contribution >= 0.6 is 23.2 Å². The topological polar surface area (TPSA) is 49.8 Å². The highest BCUT2D eigenvalue weighted by Gasteiger charge is 2.17. The van der Waals surface area contributed by atoms with Crippen LogP contribution in [0.3, 0.4) is 0 Å². The lowest BCUT2D eigenvalue weighted by Crippen LogP contribution is -2.23. The highest BCUT2D eigenvalue weighted by molar-refractivity contribution is 6.35. The van der Waals surface area contributed by atoms with Crippen LogP contribution in [0.25, 0.3) is 10.9 Å². The molecule has 140 valence electrons. The van der Waals surface area contributed by atoms with Crippen LogP contribution < -0.4 is 10.6 Å². The average molecular weight is 401 g/mol. The first-order chi connectivity index (χ1) is 13.1. The molecule has 1 fully saturated rings. The molecule has 2 aromatic carbocycles. The van der Waals surface area contributed by atoms with Gasteiger partial charge in [-0.2, -0.15) is 4.98 Å². The monoisotopic (exact) mass is 400 g/mol. The Bertz CT molecular complexity index is 948. The zero-order valence-electron chi connectivity index (χ0n) is 15.2. The Labute approximate surface area is 169 Å². The maximum absolute atomic E-state index is 6.12. The molecule has 3 aromatic rings. The molecule has 0 amide bonds. The number of benzene rings is 2. The van der Waals surface area contributed by atoms with E-state index in [9.17, 15) is 0 Å². The van der Waals surface area contributed by atoms with Crippen LogP contribution in [-0.4, -0.2) is 16.0 Å². The molecule has 0 spiro atoms. The van der Waals surface area contributed by atoms with Crippen LogP contribution in [0.4, 0.5) is 17.5 Å². The molecule has 27 heavy (non-hydrogen) atoms. The summed E-state index contributed by atoms with van der Waals surface area (Å²) in [4.78, 5) is 9.51. The van der Waals surface area contributed by atoms with Gasteiger partial charge in [0.25, 0.3) is 0 Å². The van der Waals surface area contributed by atoms with Crippen LogP contribution in [0, 0.1) is 6.92 Å². The standard InChI is InChI=1S/C21H22Cl2N4/c1-13-6-5-9-18-19(13)26-21(25-17-11-14(22)10-15(23)12-17)27-20(18)24-16-7-3-2-4-8-16/h5-6,9-12,16H,2-4,7-8H2,1H3,(H2,24,25,26,27). The second-order valence-corrected chi connectivity index (χ2v) is 8.00. The van der Waals surface area contributed by atoms with Crippen molar-refractivity contribution in [1.29, 1.82) is 0 Å². The zero-order valence-corrected chi connectivity index (χ0v) is 16.7. The van der Waals surface area contributed by atoms with Gasteiger partial charge in [-0.05, 0) is 49.6 Å².